The van der Waals surface area contributed by atoms with Crippen molar-refractivity contribution in [2.45, 2.75) is 26.3 Å². The summed E-state index contributed by atoms with van der Waals surface area (Å²) < 4.78 is 25.3. The van der Waals surface area contributed by atoms with Crippen molar-refractivity contribution in [2.24, 2.45) is 4.99 Å². The first-order chi connectivity index (χ1) is 11.6. The number of hydrogen-bond donors (Lipinski definition) is 1. The summed E-state index contributed by atoms with van der Waals surface area (Å²) in [5.74, 6) is 1.16. The number of hydrogen-bond acceptors (Lipinski definition) is 3. The molecule has 2 aliphatic heterocycles. The fourth-order valence-electron chi connectivity index (χ4n) is 3.31. The lowest BCUT2D eigenvalue weighted by Crippen LogP contribution is -2.44. The number of nitrogens with zero attached hydrogens (tertiary/aromatic N) is 3. The average molecular weight is 350 g/mol. The number of guanidine groups is 1. The average Bonchev–Trinajstić information content (AvgIpc) is 2.92. The second kappa shape index (κ2) is 7.53. The number of nitrogens with one attached hydrogen (secondary N) is 1. The molecule has 0 bridgehead atoms. The minimum Gasteiger partial charge on any atom is -0.357 e. The third-order valence-corrected chi connectivity index (χ3v) is 6.54. The zero-order valence-corrected chi connectivity index (χ0v) is 15.1. The molecule has 0 saturated carbocycles. The van der Waals surface area contributed by atoms with Crippen LogP contribution >= 0.6 is 0 Å². The van der Waals surface area contributed by atoms with Crippen LogP contribution in [0.2, 0.25) is 0 Å². The highest BCUT2D eigenvalue weighted by Crippen LogP contribution is 2.18. The van der Waals surface area contributed by atoms with Crippen molar-refractivity contribution < 1.29 is 8.42 Å². The first kappa shape index (κ1) is 17.2. The van der Waals surface area contributed by atoms with Crippen molar-refractivity contribution in [1.82, 2.24) is 14.5 Å². The highest BCUT2D eigenvalue weighted by Gasteiger charge is 2.27. The summed E-state index contributed by atoms with van der Waals surface area (Å²) in [5, 5.41) is 3.34. The molecule has 2 heterocycles. The molecule has 0 radical (unpaired) electrons. The van der Waals surface area contributed by atoms with E-state index in [1.807, 2.05) is 0 Å². The molecule has 1 saturated heterocycles. The normalized spacial score (nSPS) is 20.9. The molecule has 1 N–H and O–H groups in total. The molecule has 0 aromatic heterocycles. The van der Waals surface area contributed by atoms with Gasteiger partial charge in [-0.3, -0.25) is 4.99 Å². The van der Waals surface area contributed by atoms with Crippen LogP contribution in [0.3, 0.4) is 0 Å². The number of sulfonamides is 1. The van der Waals surface area contributed by atoms with Crippen LogP contribution in [0.5, 0.6) is 0 Å². The second-order valence-corrected chi connectivity index (χ2v) is 8.33. The molecule has 0 unspecified atom stereocenters. The Bertz CT molecular complexity index is 702. The summed E-state index contributed by atoms with van der Waals surface area (Å²) in [6, 6.07) is 8.52. The predicted molar refractivity (Wildman–Crippen MR) is 96.5 cm³/mol. The molecule has 0 spiro atoms. The first-order valence-corrected chi connectivity index (χ1v) is 10.3. The van der Waals surface area contributed by atoms with Crippen LogP contribution in [0, 0.1) is 0 Å². The number of fused-ring (bicyclic) bond motifs is 1. The summed E-state index contributed by atoms with van der Waals surface area (Å²) in [6.45, 7) is 6.25. The molecule has 6 nitrogen and oxygen atoms in total. The SMILES string of the molecule is CCNC(=NCCN1CCCS1(=O)=O)N1CCc2ccccc2C1. The van der Waals surface area contributed by atoms with Gasteiger partial charge in [-0.15, -0.1) is 0 Å². The Balaban J connectivity index is 1.64. The van der Waals surface area contributed by atoms with Gasteiger partial charge in [0.05, 0.1) is 12.3 Å². The van der Waals surface area contributed by atoms with Crippen LogP contribution in [-0.2, 0) is 23.0 Å². The Morgan fingerprint density at radius 3 is 2.75 bits per heavy atom. The van der Waals surface area contributed by atoms with E-state index in [2.05, 4.69) is 46.4 Å². The molecule has 7 heteroatoms. The Labute approximate surface area is 144 Å². The molecule has 1 aromatic rings. The molecule has 1 aromatic carbocycles. The monoisotopic (exact) mass is 350 g/mol. The van der Waals surface area contributed by atoms with Crippen molar-refractivity contribution in [1.29, 1.82) is 0 Å². The summed E-state index contributed by atoms with van der Waals surface area (Å²) >= 11 is 0. The first-order valence-electron chi connectivity index (χ1n) is 8.68. The minimum atomic E-state index is -3.03. The predicted octanol–water partition coefficient (Wildman–Crippen LogP) is 1.05. The van der Waals surface area contributed by atoms with Crippen molar-refractivity contribution >= 4 is 16.0 Å². The van der Waals surface area contributed by atoms with Crippen molar-refractivity contribution in [3.63, 3.8) is 0 Å². The molecule has 132 valence electrons. The molecule has 0 aliphatic carbocycles. The largest absolute Gasteiger partial charge is 0.357 e. The molecule has 2 aliphatic rings. The topological polar surface area (TPSA) is 65.0 Å². The van der Waals surface area contributed by atoms with E-state index in [0.717, 1.165) is 38.4 Å². The fraction of sp³-hybridized carbons (Fsp3) is 0.588. The van der Waals surface area contributed by atoms with Gasteiger partial charge >= 0.3 is 0 Å². The molecular weight excluding hydrogens is 324 g/mol. The van der Waals surface area contributed by atoms with E-state index in [9.17, 15) is 8.42 Å². The van der Waals surface area contributed by atoms with Crippen LogP contribution in [0.1, 0.15) is 24.5 Å². The second-order valence-electron chi connectivity index (χ2n) is 6.24. The van der Waals surface area contributed by atoms with Gasteiger partial charge in [0.15, 0.2) is 5.96 Å². The summed E-state index contributed by atoms with van der Waals surface area (Å²) in [4.78, 5) is 6.92. The Morgan fingerprint density at radius 2 is 2.04 bits per heavy atom. The zero-order valence-electron chi connectivity index (χ0n) is 14.2. The van der Waals surface area contributed by atoms with Crippen molar-refractivity contribution in [3.8, 4) is 0 Å². The maximum Gasteiger partial charge on any atom is 0.214 e. The Hall–Kier alpha value is -1.60. The van der Waals surface area contributed by atoms with E-state index in [1.54, 1.807) is 4.31 Å². The summed E-state index contributed by atoms with van der Waals surface area (Å²) in [6.07, 6.45) is 1.75. The number of rotatable bonds is 4. The maximum atomic E-state index is 11.9. The van der Waals surface area contributed by atoms with E-state index >= 15 is 0 Å². The lowest BCUT2D eigenvalue weighted by atomic mass is 10.0. The molecule has 24 heavy (non-hydrogen) atoms. The fourth-order valence-corrected chi connectivity index (χ4v) is 4.83. The van der Waals surface area contributed by atoms with Crippen molar-refractivity contribution in [2.75, 3.05) is 38.5 Å². The highest BCUT2D eigenvalue weighted by molar-refractivity contribution is 7.89. The van der Waals surface area contributed by atoms with Crippen molar-refractivity contribution in [3.05, 3.63) is 35.4 Å². The third kappa shape index (κ3) is 3.89. The van der Waals surface area contributed by atoms with Crippen LogP contribution in [-0.4, -0.2) is 62.1 Å². The van der Waals surface area contributed by atoms with Gasteiger partial charge in [0.1, 0.15) is 0 Å². The molecule has 1 fully saturated rings. The van der Waals surface area contributed by atoms with E-state index in [1.165, 1.54) is 11.1 Å². The van der Waals surface area contributed by atoms with Gasteiger partial charge in [-0.25, -0.2) is 12.7 Å². The molecular formula is C17H26N4O2S. The quantitative estimate of drug-likeness (QED) is 0.651. The summed E-state index contributed by atoms with van der Waals surface area (Å²) in [5.41, 5.74) is 2.75. The van der Waals surface area contributed by atoms with Crippen LogP contribution in [0.25, 0.3) is 0 Å². The van der Waals surface area contributed by atoms with Gasteiger partial charge in [0.2, 0.25) is 10.0 Å². The lowest BCUT2D eigenvalue weighted by Gasteiger charge is -2.31. The maximum absolute atomic E-state index is 11.9. The van der Waals surface area contributed by atoms with Gasteiger partial charge in [0.25, 0.3) is 0 Å². The number of benzene rings is 1. The van der Waals surface area contributed by atoms with Crippen LogP contribution < -0.4 is 5.32 Å². The standard InChI is InChI=1S/C17H26N4O2S/c1-2-18-17(19-9-12-21-10-5-13-24(21,22)23)20-11-8-15-6-3-4-7-16(15)14-20/h3-4,6-7H,2,5,8-14H2,1H3,(H,18,19). The van der Waals surface area contributed by atoms with Gasteiger partial charge in [0, 0.05) is 32.7 Å². The summed E-state index contributed by atoms with van der Waals surface area (Å²) in [7, 11) is -3.03. The van der Waals surface area contributed by atoms with Gasteiger partial charge in [-0.2, -0.15) is 0 Å². The minimum absolute atomic E-state index is 0.277. The van der Waals surface area contributed by atoms with Gasteiger partial charge in [-0.1, -0.05) is 24.3 Å². The zero-order chi connectivity index (χ0) is 17.0. The molecule has 3 rings (SSSR count). The van der Waals surface area contributed by atoms with Gasteiger partial charge < -0.3 is 10.2 Å². The molecule has 0 amide bonds. The Kier molecular flexibility index (Phi) is 5.40. The van der Waals surface area contributed by atoms with Crippen LogP contribution in [0.15, 0.2) is 29.3 Å². The Morgan fingerprint density at radius 1 is 1.25 bits per heavy atom. The third-order valence-electron chi connectivity index (χ3n) is 4.58. The van der Waals surface area contributed by atoms with E-state index in [-0.39, 0.29) is 5.75 Å². The van der Waals surface area contributed by atoms with Crippen LogP contribution in [0.4, 0.5) is 0 Å². The smallest absolute Gasteiger partial charge is 0.214 e. The highest BCUT2D eigenvalue weighted by atomic mass is 32.2. The van der Waals surface area contributed by atoms with E-state index < -0.39 is 10.0 Å². The molecule has 0 atom stereocenters. The van der Waals surface area contributed by atoms with Gasteiger partial charge in [-0.05, 0) is 30.9 Å². The van der Waals surface area contributed by atoms with E-state index in [4.69, 9.17) is 0 Å². The van der Waals surface area contributed by atoms with E-state index in [0.29, 0.717) is 19.6 Å². The number of aliphatic imine (C=N–C) groups is 1. The lowest BCUT2D eigenvalue weighted by molar-refractivity contribution is 0.377.